The molecule has 0 aliphatic carbocycles. The first-order chi connectivity index (χ1) is 11.5. The van der Waals surface area contributed by atoms with E-state index in [0.717, 1.165) is 31.0 Å². The summed E-state index contributed by atoms with van der Waals surface area (Å²) < 4.78 is 26.8. The van der Waals surface area contributed by atoms with E-state index in [9.17, 15) is 18.4 Å². The summed E-state index contributed by atoms with van der Waals surface area (Å²) in [7, 11) is 1.87. The van der Waals surface area contributed by atoms with Crippen molar-refractivity contribution in [2.45, 2.75) is 25.3 Å². The Morgan fingerprint density at radius 1 is 1.21 bits per heavy atom. The summed E-state index contributed by atoms with van der Waals surface area (Å²) in [5, 5.41) is 3.18. The van der Waals surface area contributed by atoms with Crippen LogP contribution in [0.25, 0.3) is 0 Å². The molecule has 7 heteroatoms. The number of hydrogen-bond donors (Lipinski definition) is 1. The van der Waals surface area contributed by atoms with E-state index in [1.165, 1.54) is 4.90 Å². The van der Waals surface area contributed by atoms with Gasteiger partial charge in [-0.2, -0.15) is 0 Å². The first-order valence-corrected chi connectivity index (χ1v) is 8.20. The highest BCUT2D eigenvalue weighted by molar-refractivity contribution is 6.00. The molecule has 2 saturated heterocycles. The molecule has 0 saturated carbocycles. The number of anilines is 1. The molecule has 1 aromatic carbocycles. The van der Waals surface area contributed by atoms with Gasteiger partial charge in [0, 0.05) is 43.9 Å². The summed E-state index contributed by atoms with van der Waals surface area (Å²) >= 11 is 0. The second kappa shape index (κ2) is 6.84. The number of rotatable bonds is 3. The van der Waals surface area contributed by atoms with E-state index in [4.69, 9.17) is 0 Å². The van der Waals surface area contributed by atoms with Gasteiger partial charge < -0.3 is 15.1 Å². The number of nitrogens with one attached hydrogen (secondary N) is 1. The molecule has 2 aliphatic heterocycles. The van der Waals surface area contributed by atoms with Crippen LogP contribution in [0.15, 0.2) is 18.2 Å². The van der Waals surface area contributed by atoms with Crippen molar-refractivity contribution in [3.63, 3.8) is 0 Å². The van der Waals surface area contributed by atoms with E-state index >= 15 is 0 Å². The van der Waals surface area contributed by atoms with Crippen LogP contribution in [-0.2, 0) is 9.59 Å². The van der Waals surface area contributed by atoms with Crippen molar-refractivity contribution in [1.82, 2.24) is 10.2 Å². The fourth-order valence-corrected chi connectivity index (χ4v) is 3.49. The van der Waals surface area contributed by atoms with Gasteiger partial charge in [-0.25, -0.2) is 8.78 Å². The number of hydrogen-bond acceptors (Lipinski definition) is 3. The number of likely N-dealkylation sites (N-methyl/N-ethyl adjacent to an activating group) is 1. The lowest BCUT2D eigenvalue weighted by Gasteiger charge is -2.34. The van der Waals surface area contributed by atoms with Crippen LogP contribution in [0.1, 0.15) is 19.3 Å². The van der Waals surface area contributed by atoms with Crippen LogP contribution < -0.4 is 10.2 Å². The number of piperidine rings is 1. The monoisotopic (exact) mass is 337 g/mol. The maximum atomic E-state index is 13.4. The molecule has 2 unspecified atom stereocenters. The number of halogens is 2. The predicted octanol–water partition coefficient (Wildman–Crippen LogP) is 1.53. The van der Waals surface area contributed by atoms with Crippen LogP contribution in [0.2, 0.25) is 0 Å². The Kier molecular flexibility index (Phi) is 4.80. The zero-order chi connectivity index (χ0) is 17.3. The average molecular weight is 337 g/mol. The summed E-state index contributed by atoms with van der Waals surface area (Å²) in [4.78, 5) is 28.0. The molecular weight excluding hydrogens is 316 g/mol. The SMILES string of the molecule is CNC1CCCN(C(=O)C2CC(=O)N(c3cc(F)cc(F)c3)C2)C1. The van der Waals surface area contributed by atoms with Crippen LogP contribution >= 0.6 is 0 Å². The summed E-state index contributed by atoms with van der Waals surface area (Å²) in [5.41, 5.74) is 0.166. The minimum atomic E-state index is -0.736. The van der Waals surface area contributed by atoms with Gasteiger partial charge in [0.05, 0.1) is 5.92 Å². The standard InChI is InChI=1S/C17H21F2N3O2/c1-20-14-3-2-4-21(10-14)17(24)11-5-16(23)22(9-11)15-7-12(18)6-13(19)8-15/h6-8,11,14,20H,2-5,9-10H2,1H3. The third-order valence-corrected chi connectivity index (χ3v) is 4.77. The van der Waals surface area contributed by atoms with Gasteiger partial charge >= 0.3 is 0 Å². The smallest absolute Gasteiger partial charge is 0.228 e. The number of likely N-dealkylation sites (tertiary alicyclic amines) is 1. The van der Waals surface area contributed by atoms with Crippen molar-refractivity contribution in [2.24, 2.45) is 5.92 Å². The van der Waals surface area contributed by atoms with E-state index in [1.807, 2.05) is 7.05 Å². The fraction of sp³-hybridized carbons (Fsp3) is 0.529. The Bertz CT molecular complexity index is 632. The summed E-state index contributed by atoms with van der Waals surface area (Å²) in [6, 6.07) is 3.27. The van der Waals surface area contributed by atoms with E-state index in [1.54, 1.807) is 4.90 Å². The molecule has 0 radical (unpaired) electrons. The van der Waals surface area contributed by atoms with Gasteiger partial charge in [0.1, 0.15) is 11.6 Å². The molecule has 2 atom stereocenters. The molecular formula is C17H21F2N3O2. The van der Waals surface area contributed by atoms with Crippen molar-refractivity contribution in [3.05, 3.63) is 29.8 Å². The van der Waals surface area contributed by atoms with Crippen LogP contribution in [0.5, 0.6) is 0 Å². The van der Waals surface area contributed by atoms with Crippen molar-refractivity contribution in [1.29, 1.82) is 0 Å². The lowest BCUT2D eigenvalue weighted by Crippen LogP contribution is -2.49. The second-order valence-corrected chi connectivity index (χ2v) is 6.45. The van der Waals surface area contributed by atoms with Gasteiger partial charge in [-0.1, -0.05) is 0 Å². The lowest BCUT2D eigenvalue weighted by atomic mass is 10.0. The number of benzene rings is 1. The maximum Gasteiger partial charge on any atom is 0.228 e. The van der Waals surface area contributed by atoms with E-state index in [2.05, 4.69) is 5.32 Å². The Hall–Kier alpha value is -2.02. The molecule has 2 aliphatic rings. The van der Waals surface area contributed by atoms with Gasteiger partial charge in [-0.05, 0) is 32.0 Å². The zero-order valence-electron chi connectivity index (χ0n) is 13.6. The Morgan fingerprint density at radius 2 is 1.92 bits per heavy atom. The van der Waals surface area contributed by atoms with Gasteiger partial charge in [0.25, 0.3) is 0 Å². The van der Waals surface area contributed by atoms with Crippen LogP contribution in [0.4, 0.5) is 14.5 Å². The number of nitrogens with zero attached hydrogens (tertiary/aromatic N) is 2. The molecule has 5 nitrogen and oxygen atoms in total. The van der Waals surface area contributed by atoms with Crippen LogP contribution in [-0.4, -0.2) is 49.4 Å². The Balaban J connectivity index is 1.71. The highest BCUT2D eigenvalue weighted by atomic mass is 19.1. The molecule has 1 N–H and O–H groups in total. The number of carbonyl (C=O) groups is 2. The molecule has 2 fully saturated rings. The highest BCUT2D eigenvalue weighted by Crippen LogP contribution is 2.28. The second-order valence-electron chi connectivity index (χ2n) is 6.45. The molecule has 2 amide bonds. The minimum Gasteiger partial charge on any atom is -0.341 e. The quantitative estimate of drug-likeness (QED) is 0.910. The fourth-order valence-electron chi connectivity index (χ4n) is 3.49. The first-order valence-electron chi connectivity index (χ1n) is 8.20. The summed E-state index contributed by atoms with van der Waals surface area (Å²) in [5.74, 6) is -2.26. The van der Waals surface area contributed by atoms with E-state index in [-0.39, 0.29) is 36.5 Å². The lowest BCUT2D eigenvalue weighted by molar-refractivity contribution is -0.137. The van der Waals surface area contributed by atoms with Crippen molar-refractivity contribution in [3.8, 4) is 0 Å². The molecule has 24 heavy (non-hydrogen) atoms. The minimum absolute atomic E-state index is 0.0531. The van der Waals surface area contributed by atoms with Gasteiger partial charge in [0.2, 0.25) is 11.8 Å². The average Bonchev–Trinajstić information content (AvgIpc) is 2.95. The number of amides is 2. The third-order valence-electron chi connectivity index (χ3n) is 4.77. The normalized spacial score (nSPS) is 24.5. The van der Waals surface area contributed by atoms with Crippen molar-refractivity contribution in [2.75, 3.05) is 31.6 Å². The highest BCUT2D eigenvalue weighted by Gasteiger charge is 2.38. The van der Waals surface area contributed by atoms with Gasteiger partial charge in [-0.3, -0.25) is 9.59 Å². The Morgan fingerprint density at radius 3 is 2.58 bits per heavy atom. The van der Waals surface area contributed by atoms with Crippen LogP contribution in [0.3, 0.4) is 0 Å². The van der Waals surface area contributed by atoms with E-state index < -0.39 is 17.6 Å². The zero-order valence-corrected chi connectivity index (χ0v) is 13.6. The van der Waals surface area contributed by atoms with Gasteiger partial charge in [-0.15, -0.1) is 0 Å². The topological polar surface area (TPSA) is 52.7 Å². The molecule has 1 aromatic rings. The van der Waals surface area contributed by atoms with Crippen molar-refractivity contribution < 1.29 is 18.4 Å². The molecule has 0 spiro atoms. The summed E-state index contributed by atoms with van der Waals surface area (Å²) in [6.07, 6.45) is 2.03. The predicted molar refractivity (Wildman–Crippen MR) is 85.5 cm³/mol. The maximum absolute atomic E-state index is 13.4. The molecule has 0 bridgehead atoms. The largest absolute Gasteiger partial charge is 0.341 e. The molecule has 130 valence electrons. The summed E-state index contributed by atoms with van der Waals surface area (Å²) in [6.45, 7) is 1.49. The molecule has 3 rings (SSSR count). The molecule has 2 heterocycles. The Labute approximate surface area is 139 Å². The molecule has 0 aromatic heterocycles. The van der Waals surface area contributed by atoms with Crippen LogP contribution in [0, 0.1) is 17.6 Å². The van der Waals surface area contributed by atoms with E-state index in [0.29, 0.717) is 13.1 Å². The number of carbonyl (C=O) groups excluding carboxylic acids is 2. The van der Waals surface area contributed by atoms with Gasteiger partial charge in [0.15, 0.2) is 0 Å². The third kappa shape index (κ3) is 3.40. The van der Waals surface area contributed by atoms with Crippen molar-refractivity contribution >= 4 is 17.5 Å². The first kappa shape index (κ1) is 16.8.